The molecule has 0 saturated carbocycles. The summed E-state index contributed by atoms with van der Waals surface area (Å²) in [6.07, 6.45) is 0. The van der Waals surface area contributed by atoms with E-state index in [-0.39, 0.29) is 5.78 Å². The van der Waals surface area contributed by atoms with Gasteiger partial charge in [-0.3, -0.25) is 9.69 Å². The van der Waals surface area contributed by atoms with Crippen LogP contribution < -0.4 is 14.4 Å². The molecule has 1 aliphatic rings. The molecular formula is C21H26N2O3. The minimum absolute atomic E-state index is 0.0817. The monoisotopic (exact) mass is 354 g/mol. The average molecular weight is 354 g/mol. The van der Waals surface area contributed by atoms with Crippen LogP contribution in [0.25, 0.3) is 0 Å². The maximum atomic E-state index is 11.7. The second kappa shape index (κ2) is 8.23. The largest absolute Gasteiger partial charge is 0.497 e. The van der Waals surface area contributed by atoms with Crippen LogP contribution in [0.1, 0.15) is 22.8 Å². The molecule has 0 radical (unpaired) electrons. The van der Waals surface area contributed by atoms with Crippen LogP contribution in [0.5, 0.6) is 11.5 Å². The molecule has 5 nitrogen and oxygen atoms in total. The van der Waals surface area contributed by atoms with Crippen molar-refractivity contribution in [3.05, 3.63) is 53.6 Å². The quantitative estimate of drug-likeness (QED) is 0.745. The van der Waals surface area contributed by atoms with E-state index in [0.29, 0.717) is 0 Å². The van der Waals surface area contributed by atoms with Crippen LogP contribution in [0.2, 0.25) is 0 Å². The van der Waals surface area contributed by atoms with Gasteiger partial charge in [-0.1, -0.05) is 0 Å². The summed E-state index contributed by atoms with van der Waals surface area (Å²) in [6, 6.07) is 13.9. The Bertz CT molecular complexity index is 750. The number of nitrogens with zero attached hydrogens (tertiary/aromatic N) is 2. The summed E-state index contributed by atoms with van der Waals surface area (Å²) in [5.41, 5.74) is 3.03. The summed E-state index contributed by atoms with van der Waals surface area (Å²) in [7, 11) is 3.36. The molecule has 2 aromatic rings. The summed E-state index contributed by atoms with van der Waals surface area (Å²) in [5.74, 6) is 1.80. The van der Waals surface area contributed by atoms with Gasteiger partial charge >= 0.3 is 0 Å². The van der Waals surface area contributed by atoms with Gasteiger partial charge < -0.3 is 14.4 Å². The van der Waals surface area contributed by atoms with E-state index in [1.165, 1.54) is 5.69 Å². The second-order valence-electron chi connectivity index (χ2n) is 6.54. The van der Waals surface area contributed by atoms with Crippen LogP contribution in [-0.4, -0.2) is 51.1 Å². The zero-order valence-corrected chi connectivity index (χ0v) is 15.7. The van der Waals surface area contributed by atoms with Crippen molar-refractivity contribution in [2.45, 2.75) is 13.5 Å². The fourth-order valence-corrected chi connectivity index (χ4v) is 3.32. The summed E-state index contributed by atoms with van der Waals surface area (Å²) in [5, 5.41) is 0. The van der Waals surface area contributed by atoms with Crippen molar-refractivity contribution in [1.29, 1.82) is 0 Å². The molecule has 0 bridgehead atoms. The zero-order chi connectivity index (χ0) is 18.5. The van der Waals surface area contributed by atoms with Gasteiger partial charge in [-0.25, -0.2) is 0 Å². The second-order valence-corrected chi connectivity index (χ2v) is 6.54. The summed E-state index contributed by atoms with van der Waals surface area (Å²) in [6.45, 7) is 6.28. The molecule has 5 heteroatoms. The maximum Gasteiger partial charge on any atom is 0.159 e. The number of rotatable bonds is 6. The van der Waals surface area contributed by atoms with Crippen LogP contribution in [0.15, 0.2) is 42.5 Å². The number of benzene rings is 2. The molecule has 0 amide bonds. The average Bonchev–Trinajstić information content (AvgIpc) is 2.68. The van der Waals surface area contributed by atoms with E-state index in [1.807, 2.05) is 30.3 Å². The molecule has 138 valence electrons. The van der Waals surface area contributed by atoms with E-state index < -0.39 is 0 Å². The maximum absolute atomic E-state index is 11.7. The van der Waals surface area contributed by atoms with E-state index in [2.05, 4.69) is 21.9 Å². The molecule has 26 heavy (non-hydrogen) atoms. The number of piperazine rings is 1. The van der Waals surface area contributed by atoms with Crippen molar-refractivity contribution in [1.82, 2.24) is 4.90 Å². The topological polar surface area (TPSA) is 42.0 Å². The van der Waals surface area contributed by atoms with Gasteiger partial charge in [-0.15, -0.1) is 0 Å². The van der Waals surface area contributed by atoms with Gasteiger partial charge in [0.25, 0.3) is 0 Å². The van der Waals surface area contributed by atoms with E-state index in [1.54, 1.807) is 21.1 Å². The van der Waals surface area contributed by atoms with Crippen molar-refractivity contribution >= 4 is 11.5 Å². The molecule has 2 aromatic carbocycles. The molecular weight excluding hydrogens is 328 g/mol. The van der Waals surface area contributed by atoms with Crippen LogP contribution in [0, 0.1) is 0 Å². The van der Waals surface area contributed by atoms with Crippen molar-refractivity contribution in [3.63, 3.8) is 0 Å². The molecule has 0 aromatic heterocycles. The Hall–Kier alpha value is -2.53. The first-order chi connectivity index (χ1) is 12.6. The number of anilines is 1. The van der Waals surface area contributed by atoms with Gasteiger partial charge in [-0.05, 0) is 49.4 Å². The highest BCUT2D eigenvalue weighted by atomic mass is 16.5. The first kappa shape index (κ1) is 18.3. The highest BCUT2D eigenvalue weighted by Gasteiger charge is 2.19. The van der Waals surface area contributed by atoms with E-state index >= 15 is 0 Å². The highest BCUT2D eigenvalue weighted by molar-refractivity contribution is 5.94. The van der Waals surface area contributed by atoms with E-state index in [0.717, 1.165) is 55.3 Å². The lowest BCUT2D eigenvalue weighted by Crippen LogP contribution is -2.46. The molecule has 1 heterocycles. The summed E-state index contributed by atoms with van der Waals surface area (Å²) in [4.78, 5) is 16.5. The highest BCUT2D eigenvalue weighted by Crippen LogP contribution is 2.24. The van der Waals surface area contributed by atoms with Gasteiger partial charge in [0.1, 0.15) is 11.5 Å². The van der Waals surface area contributed by atoms with Crippen LogP contribution in [-0.2, 0) is 6.54 Å². The van der Waals surface area contributed by atoms with Crippen LogP contribution in [0.3, 0.4) is 0 Å². The Balaban J connectivity index is 1.63. The standard InChI is InChI=1S/C21H26N2O3/c1-16(24)17-4-9-21(26-3)18(14-17)15-22-10-12-23(13-11-22)19-5-7-20(25-2)8-6-19/h4-9,14H,10-13,15H2,1-3H3. The van der Waals surface area contributed by atoms with Gasteiger partial charge in [0.15, 0.2) is 5.78 Å². The van der Waals surface area contributed by atoms with Crippen LogP contribution in [0.4, 0.5) is 5.69 Å². The Morgan fingerprint density at radius 1 is 0.962 bits per heavy atom. The fraction of sp³-hybridized carbons (Fsp3) is 0.381. The number of methoxy groups -OCH3 is 2. The minimum Gasteiger partial charge on any atom is -0.497 e. The Morgan fingerprint density at radius 2 is 1.65 bits per heavy atom. The number of carbonyl (C=O) groups is 1. The third-order valence-corrected chi connectivity index (χ3v) is 4.89. The summed E-state index contributed by atoms with van der Waals surface area (Å²) < 4.78 is 10.7. The summed E-state index contributed by atoms with van der Waals surface area (Å²) >= 11 is 0. The number of Topliss-reactive ketones (excluding diaryl/α,β-unsaturated/α-hetero) is 1. The van der Waals surface area contributed by atoms with Crippen LogP contribution >= 0.6 is 0 Å². The Labute approximate surface area is 155 Å². The molecule has 0 unspecified atom stereocenters. The van der Waals surface area contributed by atoms with E-state index in [4.69, 9.17) is 9.47 Å². The molecule has 1 fully saturated rings. The number of ketones is 1. The number of hydrogen-bond donors (Lipinski definition) is 0. The predicted octanol–water partition coefficient (Wildman–Crippen LogP) is 3.23. The first-order valence-electron chi connectivity index (χ1n) is 8.90. The van der Waals surface area contributed by atoms with Gasteiger partial charge in [-0.2, -0.15) is 0 Å². The molecule has 0 spiro atoms. The molecule has 1 saturated heterocycles. The predicted molar refractivity (Wildman–Crippen MR) is 103 cm³/mol. The third-order valence-electron chi connectivity index (χ3n) is 4.89. The third kappa shape index (κ3) is 4.17. The molecule has 0 atom stereocenters. The van der Waals surface area contributed by atoms with E-state index in [9.17, 15) is 4.79 Å². The molecule has 1 aliphatic heterocycles. The normalized spacial score (nSPS) is 15.0. The van der Waals surface area contributed by atoms with Crippen molar-refractivity contribution in [3.8, 4) is 11.5 Å². The lowest BCUT2D eigenvalue weighted by atomic mass is 10.1. The number of hydrogen-bond acceptors (Lipinski definition) is 5. The Morgan fingerprint density at radius 3 is 2.23 bits per heavy atom. The zero-order valence-electron chi connectivity index (χ0n) is 15.7. The number of carbonyl (C=O) groups excluding carboxylic acids is 1. The smallest absolute Gasteiger partial charge is 0.159 e. The van der Waals surface area contributed by atoms with Crippen molar-refractivity contribution in [2.24, 2.45) is 0 Å². The van der Waals surface area contributed by atoms with Gasteiger partial charge in [0.05, 0.1) is 14.2 Å². The first-order valence-corrected chi connectivity index (χ1v) is 8.90. The van der Waals surface area contributed by atoms with Gasteiger partial charge in [0, 0.05) is 49.5 Å². The van der Waals surface area contributed by atoms with Gasteiger partial charge in [0.2, 0.25) is 0 Å². The number of ether oxygens (including phenoxy) is 2. The molecule has 0 N–H and O–H groups in total. The SMILES string of the molecule is COc1ccc(N2CCN(Cc3cc(C(C)=O)ccc3OC)CC2)cc1. The molecule has 0 aliphatic carbocycles. The lowest BCUT2D eigenvalue weighted by molar-refractivity contribution is 0.101. The molecule has 3 rings (SSSR count). The fourth-order valence-electron chi connectivity index (χ4n) is 3.32. The van der Waals surface area contributed by atoms with Crippen molar-refractivity contribution in [2.75, 3.05) is 45.3 Å². The Kier molecular flexibility index (Phi) is 5.78. The minimum atomic E-state index is 0.0817. The lowest BCUT2D eigenvalue weighted by Gasteiger charge is -2.36. The van der Waals surface area contributed by atoms with Crippen molar-refractivity contribution < 1.29 is 14.3 Å².